The summed E-state index contributed by atoms with van der Waals surface area (Å²) < 4.78 is 151. The summed E-state index contributed by atoms with van der Waals surface area (Å²) in [5.74, 6) is -21.4. The molecule has 4 aromatic rings. The third kappa shape index (κ3) is 3.63. The Morgan fingerprint density at radius 2 is 0.917 bits per heavy atom. The van der Waals surface area contributed by atoms with E-state index >= 15 is 13.2 Å². The van der Waals surface area contributed by atoms with Crippen molar-refractivity contribution in [3.63, 3.8) is 0 Å². The zero-order valence-corrected chi connectivity index (χ0v) is 18.8. The predicted molar refractivity (Wildman–Crippen MR) is 112 cm³/mol. The normalized spacial score (nSPS) is 12.2. The van der Waals surface area contributed by atoms with Crippen LogP contribution in [-0.2, 0) is 0 Å². The van der Waals surface area contributed by atoms with Gasteiger partial charge in [-0.2, -0.15) is 0 Å². The van der Waals surface area contributed by atoms with Crippen LogP contribution in [0.5, 0.6) is 5.75 Å². The Balaban J connectivity index is 2.43. The van der Waals surface area contributed by atoms with Crippen molar-refractivity contribution in [3.05, 3.63) is 75.9 Å². The number of halogens is 10. The summed E-state index contributed by atoms with van der Waals surface area (Å²) in [5, 5.41) is -4.79. The molecule has 0 aromatic heterocycles. The van der Waals surface area contributed by atoms with Gasteiger partial charge in [0.1, 0.15) is 11.4 Å². The number of ether oxygens (including phenoxy) is 1. The highest BCUT2D eigenvalue weighted by Crippen LogP contribution is 2.48. The smallest absolute Gasteiger partial charge is 0.198 e. The Morgan fingerprint density at radius 3 is 1.36 bits per heavy atom. The van der Waals surface area contributed by atoms with Gasteiger partial charge in [0.15, 0.2) is 58.1 Å². The van der Waals surface area contributed by atoms with Gasteiger partial charge in [0.2, 0.25) is 0 Å². The van der Waals surface area contributed by atoms with Crippen molar-refractivity contribution in [1.29, 1.82) is 0 Å². The van der Waals surface area contributed by atoms with Crippen LogP contribution in [0.3, 0.4) is 0 Å². The first-order valence-corrected chi connectivity index (χ1v) is 10.2. The lowest BCUT2D eigenvalue weighted by Gasteiger charge is -2.26. The number of hydrogen-bond acceptors (Lipinski definition) is 1. The van der Waals surface area contributed by atoms with Crippen LogP contribution in [0.4, 0.5) is 43.9 Å². The monoisotopic (exact) mass is 520 g/mol. The number of fused-ring (bicyclic) bond motifs is 2. The van der Waals surface area contributed by atoms with Gasteiger partial charge in [0.05, 0.1) is 0 Å². The molecule has 0 bridgehead atoms. The molecule has 4 rings (SSSR count). The summed E-state index contributed by atoms with van der Waals surface area (Å²) in [6, 6.07) is 0.590. The lowest BCUT2D eigenvalue weighted by Crippen LogP contribution is -2.24. The molecule has 0 aliphatic heterocycles. The van der Waals surface area contributed by atoms with E-state index in [0.29, 0.717) is 6.07 Å². The molecular formula is C25H14F10O. The quantitative estimate of drug-likeness (QED) is 0.146. The maximum atomic E-state index is 15.3. The lowest BCUT2D eigenvalue weighted by atomic mass is 9.88. The molecule has 36 heavy (non-hydrogen) atoms. The minimum atomic E-state index is -2.35. The fourth-order valence-electron chi connectivity index (χ4n) is 3.98. The molecular weight excluding hydrogens is 506 g/mol. The topological polar surface area (TPSA) is 9.23 Å². The van der Waals surface area contributed by atoms with Crippen LogP contribution >= 0.6 is 0 Å². The Kier molecular flexibility index (Phi) is 5.88. The minimum absolute atomic E-state index is 0.273. The van der Waals surface area contributed by atoms with E-state index in [4.69, 9.17) is 4.74 Å². The number of benzene rings is 4. The Labute approximate surface area is 196 Å². The summed E-state index contributed by atoms with van der Waals surface area (Å²) in [6.45, 7) is 5.02. The molecule has 0 saturated heterocycles. The van der Waals surface area contributed by atoms with Crippen LogP contribution in [-0.4, -0.2) is 5.60 Å². The molecule has 0 N–H and O–H groups in total. The second kappa shape index (κ2) is 8.28. The molecule has 0 aliphatic rings. The first kappa shape index (κ1) is 25.6. The summed E-state index contributed by atoms with van der Waals surface area (Å²) in [5.41, 5.74) is -4.08. The molecule has 0 atom stereocenters. The maximum absolute atomic E-state index is 15.3. The first-order valence-electron chi connectivity index (χ1n) is 10.2. The summed E-state index contributed by atoms with van der Waals surface area (Å²) in [6.07, 6.45) is 0. The van der Waals surface area contributed by atoms with Gasteiger partial charge in [-0.3, -0.25) is 0 Å². The summed E-state index contributed by atoms with van der Waals surface area (Å²) in [4.78, 5) is 0. The Bertz CT molecular complexity index is 1600. The fourth-order valence-corrected chi connectivity index (χ4v) is 3.98. The standard InChI is InChI=1S/C25H14F10O/c1-7-10(26)5-8-13(18(30)22(34)20(32)16(8)28)12(7)15-14-9(17(29)21(33)23(35)19(14)31)6-11(27)24(15)36-25(2,3)4/h5-6H,1-4H3. The van der Waals surface area contributed by atoms with Gasteiger partial charge in [-0.25, -0.2) is 43.9 Å². The number of rotatable bonds is 2. The molecule has 11 heteroatoms. The molecule has 0 amide bonds. The van der Waals surface area contributed by atoms with Crippen LogP contribution in [0.2, 0.25) is 0 Å². The fraction of sp³-hybridized carbons (Fsp3) is 0.200. The largest absolute Gasteiger partial charge is 0.484 e. The molecule has 0 heterocycles. The van der Waals surface area contributed by atoms with Crippen molar-refractivity contribution in [2.75, 3.05) is 0 Å². The van der Waals surface area contributed by atoms with Crippen molar-refractivity contribution >= 4 is 21.5 Å². The van der Waals surface area contributed by atoms with Crippen LogP contribution in [0.15, 0.2) is 12.1 Å². The van der Waals surface area contributed by atoms with Gasteiger partial charge in [0, 0.05) is 32.7 Å². The third-order valence-electron chi connectivity index (χ3n) is 5.48. The SMILES string of the molecule is Cc1c(F)cc2c(F)c(F)c(F)c(F)c2c1-c1c(OC(C)(C)C)c(F)cc2c(F)c(F)c(F)c(F)c12. The highest BCUT2D eigenvalue weighted by Gasteiger charge is 2.33. The summed E-state index contributed by atoms with van der Waals surface area (Å²) >= 11 is 0. The second-order valence-corrected chi connectivity index (χ2v) is 8.99. The van der Waals surface area contributed by atoms with Gasteiger partial charge in [-0.1, -0.05) is 0 Å². The second-order valence-electron chi connectivity index (χ2n) is 8.99. The van der Waals surface area contributed by atoms with Crippen molar-refractivity contribution in [1.82, 2.24) is 0 Å². The van der Waals surface area contributed by atoms with Crippen molar-refractivity contribution < 1.29 is 48.6 Å². The third-order valence-corrected chi connectivity index (χ3v) is 5.48. The van der Waals surface area contributed by atoms with Crippen molar-refractivity contribution in [3.8, 4) is 16.9 Å². The van der Waals surface area contributed by atoms with Gasteiger partial charge >= 0.3 is 0 Å². The van der Waals surface area contributed by atoms with Gasteiger partial charge in [-0.15, -0.1) is 0 Å². The average Bonchev–Trinajstić information content (AvgIpc) is 2.80. The molecule has 0 aliphatic carbocycles. The van der Waals surface area contributed by atoms with Crippen molar-refractivity contribution in [2.45, 2.75) is 33.3 Å². The summed E-state index contributed by atoms with van der Waals surface area (Å²) in [7, 11) is 0. The van der Waals surface area contributed by atoms with Crippen LogP contribution in [0.1, 0.15) is 26.3 Å². The highest BCUT2D eigenvalue weighted by molar-refractivity contribution is 6.09. The minimum Gasteiger partial charge on any atom is -0.484 e. The molecule has 4 aromatic carbocycles. The first-order chi connectivity index (χ1) is 16.6. The molecule has 0 spiro atoms. The van der Waals surface area contributed by atoms with Crippen LogP contribution < -0.4 is 4.74 Å². The van der Waals surface area contributed by atoms with Crippen LogP contribution in [0.25, 0.3) is 32.7 Å². The molecule has 0 saturated carbocycles. The van der Waals surface area contributed by atoms with Gasteiger partial charge < -0.3 is 4.74 Å². The molecule has 0 fully saturated rings. The average molecular weight is 520 g/mol. The zero-order chi connectivity index (χ0) is 27.0. The van der Waals surface area contributed by atoms with Gasteiger partial charge in [0.25, 0.3) is 0 Å². The molecule has 1 nitrogen and oxygen atoms in total. The zero-order valence-electron chi connectivity index (χ0n) is 18.8. The Morgan fingerprint density at radius 1 is 0.528 bits per heavy atom. The maximum Gasteiger partial charge on any atom is 0.198 e. The Hall–Kier alpha value is -3.50. The van der Waals surface area contributed by atoms with E-state index in [-0.39, 0.29) is 6.07 Å². The van der Waals surface area contributed by atoms with E-state index < -0.39 is 108 Å². The van der Waals surface area contributed by atoms with E-state index in [1.165, 1.54) is 20.8 Å². The van der Waals surface area contributed by atoms with E-state index in [1.807, 2.05) is 0 Å². The highest BCUT2D eigenvalue weighted by atomic mass is 19.2. The predicted octanol–water partition coefficient (Wildman–Crippen LogP) is 8.54. The molecule has 190 valence electrons. The van der Waals surface area contributed by atoms with E-state index in [0.717, 1.165) is 6.92 Å². The van der Waals surface area contributed by atoms with E-state index in [9.17, 15) is 30.7 Å². The van der Waals surface area contributed by atoms with Crippen LogP contribution in [0, 0.1) is 65.1 Å². The molecule has 0 unspecified atom stereocenters. The lowest BCUT2D eigenvalue weighted by molar-refractivity contribution is 0.125. The van der Waals surface area contributed by atoms with E-state index in [1.54, 1.807) is 0 Å². The van der Waals surface area contributed by atoms with Crippen molar-refractivity contribution in [2.24, 2.45) is 0 Å². The molecule has 0 radical (unpaired) electrons. The van der Waals surface area contributed by atoms with Gasteiger partial charge in [-0.05, 0) is 45.4 Å². The van der Waals surface area contributed by atoms with E-state index in [2.05, 4.69) is 0 Å². The number of hydrogen-bond donors (Lipinski definition) is 0.